The highest BCUT2D eigenvalue weighted by Gasteiger charge is 2.18. The molecule has 5 nitrogen and oxygen atoms in total. The van der Waals surface area contributed by atoms with E-state index in [2.05, 4.69) is 5.32 Å². The number of carbonyl (C=O) groups is 1. The van der Waals surface area contributed by atoms with E-state index >= 15 is 0 Å². The molecule has 1 aromatic carbocycles. The van der Waals surface area contributed by atoms with Crippen LogP contribution in [0.25, 0.3) is 10.8 Å². The molecule has 1 aliphatic rings. The van der Waals surface area contributed by atoms with Gasteiger partial charge in [0.1, 0.15) is 0 Å². The van der Waals surface area contributed by atoms with Gasteiger partial charge in [0.15, 0.2) is 0 Å². The fourth-order valence-electron chi connectivity index (χ4n) is 3.92. The summed E-state index contributed by atoms with van der Waals surface area (Å²) in [5, 5.41) is 14.0. The largest absolute Gasteiger partial charge is 0.392 e. The van der Waals surface area contributed by atoms with Gasteiger partial charge in [-0.15, -0.1) is 0 Å². The van der Waals surface area contributed by atoms with Gasteiger partial charge in [0.05, 0.1) is 23.4 Å². The SMILES string of the molecule is C[C@@H](O)Cn1ccc2c(NC(=O)CC3CCCCCC3)c(Cl)ccc2c1=O. The number of aliphatic hydroxyl groups is 1. The second-order valence-electron chi connectivity index (χ2n) is 7.62. The van der Waals surface area contributed by atoms with Gasteiger partial charge in [-0.2, -0.15) is 0 Å². The van der Waals surface area contributed by atoms with E-state index in [9.17, 15) is 14.7 Å². The molecule has 0 saturated heterocycles. The van der Waals surface area contributed by atoms with Crippen molar-refractivity contribution in [2.45, 2.75) is 64.5 Å². The summed E-state index contributed by atoms with van der Waals surface area (Å²) in [5.41, 5.74) is 0.290. The summed E-state index contributed by atoms with van der Waals surface area (Å²) in [6.07, 6.45) is 8.59. The smallest absolute Gasteiger partial charge is 0.258 e. The fourth-order valence-corrected chi connectivity index (χ4v) is 4.13. The third-order valence-electron chi connectivity index (χ3n) is 5.28. The number of hydrogen-bond donors (Lipinski definition) is 2. The molecule has 1 heterocycles. The Hall–Kier alpha value is -1.85. The highest BCUT2D eigenvalue weighted by Crippen LogP contribution is 2.31. The van der Waals surface area contributed by atoms with Crippen molar-refractivity contribution < 1.29 is 9.90 Å². The van der Waals surface area contributed by atoms with Crippen molar-refractivity contribution in [3.05, 3.63) is 39.8 Å². The molecular weight excluding hydrogens is 364 g/mol. The number of aromatic nitrogens is 1. The van der Waals surface area contributed by atoms with Crippen LogP contribution in [0.3, 0.4) is 0 Å². The summed E-state index contributed by atoms with van der Waals surface area (Å²) in [6.45, 7) is 1.86. The van der Waals surface area contributed by atoms with Gasteiger partial charge >= 0.3 is 0 Å². The molecule has 1 atom stereocenters. The zero-order valence-electron chi connectivity index (χ0n) is 15.7. The topological polar surface area (TPSA) is 71.3 Å². The van der Waals surface area contributed by atoms with Gasteiger partial charge in [-0.05, 0) is 43.9 Å². The van der Waals surface area contributed by atoms with Crippen LogP contribution in [0.2, 0.25) is 5.02 Å². The Morgan fingerprint density at radius 1 is 1.22 bits per heavy atom. The predicted molar refractivity (Wildman–Crippen MR) is 109 cm³/mol. The maximum absolute atomic E-state index is 12.7. The molecule has 27 heavy (non-hydrogen) atoms. The van der Waals surface area contributed by atoms with Crippen LogP contribution in [0, 0.1) is 5.92 Å². The minimum absolute atomic E-state index is 0.0514. The number of pyridine rings is 1. The van der Waals surface area contributed by atoms with Gasteiger partial charge in [0.2, 0.25) is 5.91 Å². The Balaban J connectivity index is 1.85. The predicted octanol–water partition coefficient (Wildman–Crippen LogP) is 4.33. The molecule has 1 aromatic heterocycles. The van der Waals surface area contributed by atoms with Crippen LogP contribution in [0.5, 0.6) is 0 Å². The number of carbonyl (C=O) groups excluding carboxylic acids is 1. The van der Waals surface area contributed by atoms with Crippen LogP contribution in [0.15, 0.2) is 29.2 Å². The first-order chi connectivity index (χ1) is 13.0. The van der Waals surface area contributed by atoms with E-state index in [4.69, 9.17) is 11.6 Å². The van der Waals surface area contributed by atoms with Crippen molar-refractivity contribution in [3.8, 4) is 0 Å². The summed E-state index contributed by atoms with van der Waals surface area (Å²) in [4.78, 5) is 25.3. The van der Waals surface area contributed by atoms with Crippen molar-refractivity contribution in [2.75, 3.05) is 5.32 Å². The maximum atomic E-state index is 12.7. The van der Waals surface area contributed by atoms with Gasteiger partial charge in [-0.25, -0.2) is 0 Å². The lowest BCUT2D eigenvalue weighted by Crippen LogP contribution is -2.25. The van der Waals surface area contributed by atoms with Crippen LogP contribution in [-0.4, -0.2) is 21.7 Å². The minimum Gasteiger partial charge on any atom is -0.392 e. The van der Waals surface area contributed by atoms with Crippen LogP contribution in [-0.2, 0) is 11.3 Å². The number of aliphatic hydroxyl groups excluding tert-OH is 1. The molecule has 2 aromatic rings. The molecule has 6 heteroatoms. The van der Waals surface area contributed by atoms with Crippen LogP contribution in [0.1, 0.15) is 51.9 Å². The number of fused-ring (bicyclic) bond motifs is 1. The van der Waals surface area contributed by atoms with Crippen LogP contribution in [0.4, 0.5) is 5.69 Å². The Kier molecular flexibility index (Phi) is 6.55. The Morgan fingerprint density at radius 3 is 2.59 bits per heavy atom. The maximum Gasteiger partial charge on any atom is 0.258 e. The summed E-state index contributed by atoms with van der Waals surface area (Å²) in [7, 11) is 0. The number of nitrogens with zero attached hydrogens (tertiary/aromatic N) is 1. The third-order valence-corrected chi connectivity index (χ3v) is 5.60. The number of halogens is 1. The van der Waals surface area contributed by atoms with Crippen molar-refractivity contribution in [2.24, 2.45) is 5.92 Å². The molecular formula is C21H27ClN2O3. The molecule has 0 radical (unpaired) electrons. The van der Waals surface area contributed by atoms with Gasteiger partial charge in [-0.1, -0.05) is 37.3 Å². The molecule has 0 aliphatic heterocycles. The molecule has 3 rings (SSSR count). The normalized spacial score (nSPS) is 16.9. The molecule has 1 fully saturated rings. The van der Waals surface area contributed by atoms with Gasteiger partial charge in [0.25, 0.3) is 5.56 Å². The first-order valence-electron chi connectivity index (χ1n) is 9.75. The molecule has 1 saturated carbocycles. The number of hydrogen-bond acceptors (Lipinski definition) is 3. The highest BCUT2D eigenvalue weighted by molar-refractivity contribution is 6.35. The van der Waals surface area contributed by atoms with Gasteiger partial charge in [-0.3, -0.25) is 9.59 Å². The van der Waals surface area contributed by atoms with E-state index in [0.717, 1.165) is 12.8 Å². The lowest BCUT2D eigenvalue weighted by atomic mass is 9.96. The molecule has 0 unspecified atom stereocenters. The van der Waals surface area contributed by atoms with Gasteiger partial charge < -0.3 is 15.0 Å². The van der Waals surface area contributed by atoms with E-state index in [1.807, 2.05) is 0 Å². The molecule has 0 bridgehead atoms. The van der Waals surface area contributed by atoms with E-state index in [1.165, 1.54) is 30.3 Å². The third kappa shape index (κ3) is 4.90. The Morgan fingerprint density at radius 2 is 1.93 bits per heavy atom. The second kappa shape index (κ2) is 8.89. The average molecular weight is 391 g/mol. The molecule has 2 N–H and O–H groups in total. The summed E-state index contributed by atoms with van der Waals surface area (Å²) < 4.78 is 1.47. The summed E-state index contributed by atoms with van der Waals surface area (Å²) >= 11 is 6.33. The Labute approximate surface area is 164 Å². The lowest BCUT2D eigenvalue weighted by Gasteiger charge is -2.16. The lowest BCUT2D eigenvalue weighted by molar-refractivity contribution is -0.117. The monoisotopic (exact) mass is 390 g/mol. The zero-order valence-corrected chi connectivity index (χ0v) is 16.5. The number of nitrogens with one attached hydrogen (secondary N) is 1. The van der Waals surface area contributed by atoms with Crippen molar-refractivity contribution in [1.82, 2.24) is 4.57 Å². The summed E-state index contributed by atoms with van der Waals surface area (Å²) in [5.74, 6) is 0.369. The zero-order chi connectivity index (χ0) is 19.4. The fraction of sp³-hybridized carbons (Fsp3) is 0.524. The van der Waals surface area contributed by atoms with E-state index in [0.29, 0.717) is 33.8 Å². The van der Waals surface area contributed by atoms with Crippen LogP contribution < -0.4 is 10.9 Å². The molecule has 146 valence electrons. The number of benzene rings is 1. The van der Waals surface area contributed by atoms with Crippen molar-refractivity contribution in [3.63, 3.8) is 0 Å². The van der Waals surface area contributed by atoms with Crippen molar-refractivity contribution in [1.29, 1.82) is 0 Å². The standard InChI is InChI=1S/C21H27ClN2O3/c1-14(25)13-24-11-10-16-17(21(24)27)8-9-18(22)20(16)23-19(26)12-15-6-4-2-3-5-7-15/h8-11,14-15,25H,2-7,12-13H2,1H3,(H,23,26)/t14-/m1/s1. The average Bonchev–Trinajstić information content (AvgIpc) is 2.88. The molecule has 1 aliphatic carbocycles. The second-order valence-corrected chi connectivity index (χ2v) is 8.02. The highest BCUT2D eigenvalue weighted by atomic mass is 35.5. The quantitative estimate of drug-likeness (QED) is 0.746. The number of anilines is 1. The first kappa shape index (κ1) is 19.9. The van der Waals surface area contributed by atoms with E-state index < -0.39 is 6.10 Å². The first-order valence-corrected chi connectivity index (χ1v) is 10.1. The molecule has 0 spiro atoms. The number of rotatable bonds is 5. The van der Waals surface area contributed by atoms with E-state index in [-0.39, 0.29) is 18.0 Å². The van der Waals surface area contributed by atoms with Crippen LogP contribution >= 0.6 is 11.6 Å². The molecule has 1 amide bonds. The summed E-state index contributed by atoms with van der Waals surface area (Å²) in [6, 6.07) is 5.07. The van der Waals surface area contributed by atoms with E-state index in [1.54, 1.807) is 31.3 Å². The Bertz CT molecular complexity index is 868. The van der Waals surface area contributed by atoms with Gasteiger partial charge in [0, 0.05) is 23.4 Å². The minimum atomic E-state index is -0.619. The van der Waals surface area contributed by atoms with Crippen molar-refractivity contribution >= 4 is 34.0 Å². The number of amides is 1.